The van der Waals surface area contributed by atoms with Crippen LogP contribution in [0.1, 0.15) is 22.1 Å². The molecule has 0 radical (unpaired) electrons. The Morgan fingerprint density at radius 3 is 2.48 bits per heavy atom. The Labute approximate surface area is 126 Å². The minimum Gasteiger partial charge on any atom is -0.486 e. The van der Waals surface area contributed by atoms with Crippen molar-refractivity contribution >= 4 is 11.6 Å². The zero-order valence-corrected chi connectivity index (χ0v) is 12.1. The Balaban J connectivity index is 1.98. The molecule has 1 heterocycles. The van der Waals surface area contributed by atoms with Crippen LogP contribution in [0.4, 0.5) is 8.78 Å². The second-order valence-corrected chi connectivity index (χ2v) is 5.32. The average Bonchev–Trinajstić information content (AvgIpc) is 2.50. The number of fused-ring (bicyclic) bond motifs is 1. The zero-order chi connectivity index (χ0) is 15.0. The highest BCUT2D eigenvalue weighted by molar-refractivity contribution is 6.22. The zero-order valence-electron chi connectivity index (χ0n) is 11.3. The van der Waals surface area contributed by atoms with Crippen LogP contribution in [0, 0.1) is 18.6 Å². The smallest absolute Gasteiger partial charge is 0.161 e. The fourth-order valence-electron chi connectivity index (χ4n) is 2.27. The van der Waals surface area contributed by atoms with E-state index in [0.717, 1.165) is 6.07 Å². The lowest BCUT2D eigenvalue weighted by atomic mass is 10.0. The number of ether oxygens (including phenoxy) is 2. The summed E-state index contributed by atoms with van der Waals surface area (Å²) in [4.78, 5) is 0. The minimum absolute atomic E-state index is 0.243. The summed E-state index contributed by atoms with van der Waals surface area (Å²) in [6.45, 7) is 2.54. The summed E-state index contributed by atoms with van der Waals surface area (Å²) in [5.41, 5.74) is 1.27. The normalized spacial score (nSPS) is 14.9. The van der Waals surface area contributed by atoms with Gasteiger partial charge in [-0.1, -0.05) is 6.07 Å². The van der Waals surface area contributed by atoms with Crippen LogP contribution in [-0.2, 0) is 0 Å². The van der Waals surface area contributed by atoms with Crippen LogP contribution in [0.2, 0.25) is 0 Å². The monoisotopic (exact) mass is 310 g/mol. The van der Waals surface area contributed by atoms with Gasteiger partial charge in [-0.3, -0.25) is 0 Å². The van der Waals surface area contributed by atoms with Gasteiger partial charge in [0.05, 0.1) is 5.38 Å². The maximum Gasteiger partial charge on any atom is 0.161 e. The number of hydrogen-bond donors (Lipinski definition) is 0. The van der Waals surface area contributed by atoms with E-state index in [1.807, 2.05) is 0 Å². The summed E-state index contributed by atoms with van der Waals surface area (Å²) in [7, 11) is 0. The third kappa shape index (κ3) is 2.68. The summed E-state index contributed by atoms with van der Waals surface area (Å²) in [6.07, 6.45) is 0. The number of halogens is 3. The second-order valence-electron chi connectivity index (χ2n) is 4.89. The molecule has 0 aromatic heterocycles. The summed E-state index contributed by atoms with van der Waals surface area (Å²) in [5, 5.41) is -0.722. The summed E-state index contributed by atoms with van der Waals surface area (Å²) < 4.78 is 38.2. The quantitative estimate of drug-likeness (QED) is 0.767. The van der Waals surface area contributed by atoms with Crippen molar-refractivity contribution in [3.8, 4) is 11.5 Å². The fourth-order valence-corrected chi connectivity index (χ4v) is 2.57. The van der Waals surface area contributed by atoms with Gasteiger partial charge in [0.25, 0.3) is 0 Å². The fraction of sp³-hybridized carbons (Fsp3) is 0.250. The second kappa shape index (κ2) is 5.53. The van der Waals surface area contributed by atoms with Gasteiger partial charge in [-0.25, -0.2) is 8.78 Å². The molecule has 21 heavy (non-hydrogen) atoms. The Morgan fingerprint density at radius 2 is 1.71 bits per heavy atom. The van der Waals surface area contributed by atoms with Gasteiger partial charge in [-0.05, 0) is 36.2 Å². The summed E-state index contributed by atoms with van der Waals surface area (Å²) in [6, 6.07) is 7.51. The highest BCUT2D eigenvalue weighted by Crippen LogP contribution is 2.38. The van der Waals surface area contributed by atoms with E-state index in [0.29, 0.717) is 35.8 Å². The lowest BCUT2D eigenvalue weighted by Crippen LogP contribution is -2.15. The van der Waals surface area contributed by atoms with Crippen molar-refractivity contribution in [2.45, 2.75) is 12.3 Å². The van der Waals surface area contributed by atoms with Gasteiger partial charge >= 0.3 is 0 Å². The van der Waals surface area contributed by atoms with Gasteiger partial charge in [0, 0.05) is 11.6 Å². The predicted molar refractivity (Wildman–Crippen MR) is 76.2 cm³/mol. The third-order valence-corrected chi connectivity index (χ3v) is 3.90. The molecule has 1 atom stereocenters. The Kier molecular flexibility index (Phi) is 3.72. The van der Waals surface area contributed by atoms with Crippen molar-refractivity contribution < 1.29 is 18.3 Å². The van der Waals surface area contributed by atoms with E-state index in [1.165, 1.54) is 6.07 Å². The van der Waals surface area contributed by atoms with E-state index in [2.05, 4.69) is 0 Å². The van der Waals surface area contributed by atoms with Crippen LogP contribution in [-0.4, -0.2) is 13.2 Å². The topological polar surface area (TPSA) is 18.5 Å². The van der Waals surface area contributed by atoms with E-state index in [-0.39, 0.29) is 5.56 Å². The van der Waals surface area contributed by atoms with E-state index < -0.39 is 17.0 Å². The lowest BCUT2D eigenvalue weighted by molar-refractivity contribution is 0.171. The van der Waals surface area contributed by atoms with Crippen LogP contribution in [0.3, 0.4) is 0 Å². The first-order valence-electron chi connectivity index (χ1n) is 6.55. The van der Waals surface area contributed by atoms with E-state index in [4.69, 9.17) is 21.1 Å². The molecule has 0 amide bonds. The molecule has 0 spiro atoms. The molecule has 0 saturated heterocycles. The molecule has 3 rings (SSSR count). The van der Waals surface area contributed by atoms with Crippen molar-refractivity contribution in [3.63, 3.8) is 0 Å². The van der Waals surface area contributed by atoms with Crippen LogP contribution in [0.25, 0.3) is 0 Å². The summed E-state index contributed by atoms with van der Waals surface area (Å²) >= 11 is 6.34. The van der Waals surface area contributed by atoms with Crippen LogP contribution < -0.4 is 9.47 Å². The highest BCUT2D eigenvalue weighted by Gasteiger charge is 2.20. The van der Waals surface area contributed by atoms with Gasteiger partial charge in [0.2, 0.25) is 0 Å². The minimum atomic E-state index is -0.722. The SMILES string of the molecule is Cc1cc(C(Cl)c2ccc3c(c2)OCCO3)c(F)cc1F. The molecule has 2 aromatic carbocycles. The molecule has 1 aliphatic rings. The van der Waals surface area contributed by atoms with Gasteiger partial charge in [-0.2, -0.15) is 0 Å². The first-order valence-corrected chi connectivity index (χ1v) is 6.99. The molecule has 0 bridgehead atoms. The Bertz CT molecular complexity index is 688. The molecule has 0 fully saturated rings. The molecule has 5 heteroatoms. The van der Waals surface area contributed by atoms with Gasteiger partial charge in [0.1, 0.15) is 24.8 Å². The van der Waals surface area contributed by atoms with Crippen molar-refractivity contribution in [2.24, 2.45) is 0 Å². The highest BCUT2D eigenvalue weighted by atomic mass is 35.5. The van der Waals surface area contributed by atoms with Crippen LogP contribution >= 0.6 is 11.6 Å². The molecule has 2 aromatic rings. The van der Waals surface area contributed by atoms with Crippen LogP contribution in [0.5, 0.6) is 11.5 Å². The van der Waals surface area contributed by atoms with Crippen molar-refractivity contribution in [2.75, 3.05) is 13.2 Å². The number of rotatable bonds is 2. The van der Waals surface area contributed by atoms with Gasteiger partial charge < -0.3 is 9.47 Å². The Hall–Kier alpha value is -1.81. The van der Waals surface area contributed by atoms with Crippen molar-refractivity contribution in [1.82, 2.24) is 0 Å². The number of hydrogen-bond acceptors (Lipinski definition) is 2. The number of alkyl halides is 1. The van der Waals surface area contributed by atoms with E-state index in [1.54, 1.807) is 25.1 Å². The van der Waals surface area contributed by atoms with Crippen molar-refractivity contribution in [3.05, 3.63) is 58.7 Å². The molecule has 0 aliphatic carbocycles. The molecule has 0 saturated carbocycles. The lowest BCUT2D eigenvalue weighted by Gasteiger charge is -2.20. The van der Waals surface area contributed by atoms with E-state index in [9.17, 15) is 8.78 Å². The van der Waals surface area contributed by atoms with Gasteiger partial charge in [0.15, 0.2) is 11.5 Å². The van der Waals surface area contributed by atoms with E-state index >= 15 is 0 Å². The maximum atomic E-state index is 13.9. The molecular formula is C16H13ClF2O2. The Morgan fingerprint density at radius 1 is 1.00 bits per heavy atom. The molecular weight excluding hydrogens is 298 g/mol. The third-order valence-electron chi connectivity index (χ3n) is 3.41. The molecule has 2 nitrogen and oxygen atoms in total. The molecule has 110 valence electrons. The summed E-state index contributed by atoms with van der Waals surface area (Å²) in [5.74, 6) is -0.0106. The van der Waals surface area contributed by atoms with Crippen molar-refractivity contribution in [1.29, 1.82) is 0 Å². The maximum absolute atomic E-state index is 13.9. The first kappa shape index (κ1) is 14.1. The van der Waals surface area contributed by atoms with Gasteiger partial charge in [-0.15, -0.1) is 11.6 Å². The first-order chi connectivity index (χ1) is 10.1. The molecule has 0 N–H and O–H groups in total. The number of aryl methyl sites for hydroxylation is 1. The van der Waals surface area contributed by atoms with Crippen LogP contribution in [0.15, 0.2) is 30.3 Å². The predicted octanol–water partition coefficient (Wildman–Crippen LogP) is 4.37. The number of benzene rings is 2. The largest absolute Gasteiger partial charge is 0.486 e. The molecule has 1 aliphatic heterocycles. The molecule has 1 unspecified atom stereocenters. The standard InChI is InChI=1S/C16H13ClF2O2/c1-9-6-11(13(19)8-12(9)18)16(17)10-2-3-14-15(7-10)21-5-4-20-14/h2-3,6-8,16H,4-5H2,1H3. The average molecular weight is 311 g/mol.